The maximum atomic E-state index is 13.7. The van der Waals surface area contributed by atoms with Crippen LogP contribution in [0.3, 0.4) is 0 Å². The normalized spacial score (nSPS) is 26.8. The molecule has 5 rings (SSSR count). The molecule has 3 heterocycles. The predicted molar refractivity (Wildman–Crippen MR) is 127 cm³/mol. The minimum atomic E-state index is -1.62. The first-order valence-corrected chi connectivity index (χ1v) is 12.0. The average Bonchev–Trinajstić information content (AvgIpc) is 3.59. The van der Waals surface area contributed by atoms with Crippen LogP contribution in [-0.2, 0) is 9.57 Å². The number of ether oxygens (including phenoxy) is 2. The molecule has 14 heteroatoms. The third-order valence-electron chi connectivity index (χ3n) is 6.83. The van der Waals surface area contributed by atoms with Crippen LogP contribution in [0, 0.1) is 17.5 Å². The van der Waals surface area contributed by atoms with E-state index in [2.05, 4.69) is 15.5 Å². The van der Waals surface area contributed by atoms with Crippen LogP contribution in [0.4, 0.5) is 13.2 Å². The number of aliphatic hydroxyl groups is 3. The van der Waals surface area contributed by atoms with Crippen molar-refractivity contribution in [2.75, 3.05) is 13.7 Å². The molecule has 1 fully saturated rings. The summed E-state index contributed by atoms with van der Waals surface area (Å²) in [6.45, 7) is -0.574. The van der Waals surface area contributed by atoms with E-state index in [0.717, 1.165) is 16.8 Å². The highest BCUT2D eigenvalue weighted by Crippen LogP contribution is 2.35. The van der Waals surface area contributed by atoms with E-state index in [1.54, 1.807) is 12.1 Å². The number of nitrogens with zero attached hydrogens (tertiary/aromatic N) is 4. The number of phenolic OH excluding ortho intramolecular Hbond substituents is 1. The Morgan fingerprint density at radius 2 is 1.77 bits per heavy atom. The van der Waals surface area contributed by atoms with Crippen LogP contribution in [0.15, 0.2) is 41.7 Å². The molecule has 0 bridgehead atoms. The SMILES string of the molecule is COc1ccc(C2=NOC(C[C@H]3O[C@H](CO)[C@H](O)[C@H](n4cc(-c5cc(F)c(F)c(F)c5)nn4)[C@H]3O)C2)cc1O. The third kappa shape index (κ3) is 5.15. The van der Waals surface area contributed by atoms with Gasteiger partial charge in [-0.2, -0.15) is 0 Å². The van der Waals surface area contributed by atoms with Gasteiger partial charge in [0.25, 0.3) is 0 Å². The molecule has 0 saturated carbocycles. The number of benzene rings is 2. The summed E-state index contributed by atoms with van der Waals surface area (Å²) in [7, 11) is 1.43. The second kappa shape index (κ2) is 10.8. The van der Waals surface area contributed by atoms with Gasteiger partial charge in [-0.15, -0.1) is 5.10 Å². The number of aromatic hydroxyl groups is 1. The van der Waals surface area contributed by atoms with Gasteiger partial charge in [-0.3, -0.25) is 0 Å². The number of aliphatic hydroxyl groups excluding tert-OH is 3. The maximum Gasteiger partial charge on any atom is 0.194 e. The molecule has 0 radical (unpaired) electrons. The lowest BCUT2D eigenvalue weighted by Gasteiger charge is -2.42. The number of hydrogen-bond donors (Lipinski definition) is 4. The van der Waals surface area contributed by atoms with Crippen LogP contribution < -0.4 is 4.74 Å². The number of aromatic nitrogens is 3. The molecule has 208 valence electrons. The van der Waals surface area contributed by atoms with Crippen molar-refractivity contribution in [1.82, 2.24) is 15.0 Å². The molecule has 2 aliphatic heterocycles. The highest BCUT2D eigenvalue weighted by molar-refractivity contribution is 6.01. The fourth-order valence-electron chi connectivity index (χ4n) is 4.80. The van der Waals surface area contributed by atoms with E-state index in [-0.39, 0.29) is 23.4 Å². The predicted octanol–water partition coefficient (Wildman–Crippen LogP) is 1.68. The van der Waals surface area contributed by atoms with Gasteiger partial charge in [0.1, 0.15) is 36.2 Å². The molecule has 1 saturated heterocycles. The Hall–Kier alpha value is -3.72. The zero-order valence-corrected chi connectivity index (χ0v) is 20.5. The minimum absolute atomic E-state index is 0.0318. The zero-order valence-electron chi connectivity index (χ0n) is 20.5. The zero-order chi connectivity index (χ0) is 27.8. The molecular formula is C25H25F3N4O7. The lowest BCUT2D eigenvalue weighted by Crippen LogP contribution is -2.56. The van der Waals surface area contributed by atoms with E-state index in [1.165, 1.54) is 19.4 Å². The Morgan fingerprint density at radius 3 is 2.44 bits per heavy atom. The summed E-state index contributed by atoms with van der Waals surface area (Å²) in [5, 5.41) is 53.6. The van der Waals surface area contributed by atoms with E-state index in [0.29, 0.717) is 23.4 Å². The Morgan fingerprint density at radius 1 is 1.05 bits per heavy atom. The molecular weight excluding hydrogens is 525 g/mol. The van der Waals surface area contributed by atoms with Crippen LogP contribution >= 0.6 is 0 Å². The average molecular weight is 550 g/mol. The van der Waals surface area contributed by atoms with Gasteiger partial charge in [0, 0.05) is 24.0 Å². The first-order chi connectivity index (χ1) is 18.7. The Bertz CT molecular complexity index is 1360. The highest BCUT2D eigenvalue weighted by Gasteiger charge is 2.47. The van der Waals surface area contributed by atoms with Crippen LogP contribution in [0.1, 0.15) is 24.4 Å². The molecule has 4 N–H and O–H groups in total. The topological polar surface area (TPSA) is 152 Å². The van der Waals surface area contributed by atoms with Crippen molar-refractivity contribution < 1.29 is 47.9 Å². The van der Waals surface area contributed by atoms with Gasteiger partial charge in [-0.1, -0.05) is 10.4 Å². The lowest BCUT2D eigenvalue weighted by molar-refractivity contribution is -0.212. The summed E-state index contributed by atoms with van der Waals surface area (Å²) < 4.78 is 52.7. The monoisotopic (exact) mass is 550 g/mol. The van der Waals surface area contributed by atoms with Gasteiger partial charge < -0.3 is 34.7 Å². The summed E-state index contributed by atoms with van der Waals surface area (Å²) in [5.41, 5.74) is 1.04. The highest BCUT2D eigenvalue weighted by atomic mass is 19.2. The number of methoxy groups -OCH3 is 1. The van der Waals surface area contributed by atoms with Crippen molar-refractivity contribution in [3.05, 3.63) is 59.5 Å². The quantitative estimate of drug-likeness (QED) is 0.322. The minimum Gasteiger partial charge on any atom is -0.504 e. The van der Waals surface area contributed by atoms with E-state index in [4.69, 9.17) is 14.3 Å². The summed E-state index contributed by atoms with van der Waals surface area (Å²) in [6, 6.07) is 5.14. The maximum absolute atomic E-state index is 13.7. The number of phenols is 1. The second-order valence-electron chi connectivity index (χ2n) is 9.30. The first-order valence-electron chi connectivity index (χ1n) is 12.0. The summed E-state index contributed by atoms with van der Waals surface area (Å²) in [5.74, 6) is -4.20. The van der Waals surface area contributed by atoms with Crippen molar-refractivity contribution in [1.29, 1.82) is 0 Å². The van der Waals surface area contributed by atoms with Crippen LogP contribution in [0.25, 0.3) is 11.3 Å². The molecule has 0 amide bonds. The molecule has 11 nitrogen and oxygen atoms in total. The Balaban J connectivity index is 1.32. The van der Waals surface area contributed by atoms with Gasteiger partial charge in [0.2, 0.25) is 0 Å². The number of oxime groups is 1. The lowest BCUT2D eigenvalue weighted by atomic mass is 9.89. The Labute approximate surface area is 219 Å². The smallest absolute Gasteiger partial charge is 0.194 e. The molecule has 1 unspecified atom stereocenters. The largest absolute Gasteiger partial charge is 0.504 e. The van der Waals surface area contributed by atoms with Crippen molar-refractivity contribution in [2.24, 2.45) is 5.16 Å². The molecule has 0 spiro atoms. The van der Waals surface area contributed by atoms with Gasteiger partial charge in [-0.25, -0.2) is 17.9 Å². The Kier molecular flexibility index (Phi) is 7.44. The summed E-state index contributed by atoms with van der Waals surface area (Å²) in [4.78, 5) is 5.52. The van der Waals surface area contributed by atoms with Crippen LogP contribution in [0.5, 0.6) is 11.5 Å². The van der Waals surface area contributed by atoms with Crippen molar-refractivity contribution in [3.8, 4) is 22.8 Å². The number of halogens is 3. The fourth-order valence-corrected chi connectivity index (χ4v) is 4.80. The molecule has 2 aromatic carbocycles. The van der Waals surface area contributed by atoms with Gasteiger partial charge in [0.15, 0.2) is 29.0 Å². The fraction of sp³-hybridized carbons (Fsp3) is 0.400. The number of hydrogen-bond acceptors (Lipinski definition) is 10. The first kappa shape index (κ1) is 26.9. The summed E-state index contributed by atoms with van der Waals surface area (Å²) in [6.07, 6.45) is -3.67. The second-order valence-corrected chi connectivity index (χ2v) is 9.30. The molecule has 39 heavy (non-hydrogen) atoms. The van der Waals surface area contributed by atoms with E-state index in [1.807, 2.05) is 0 Å². The van der Waals surface area contributed by atoms with Crippen molar-refractivity contribution in [3.63, 3.8) is 0 Å². The van der Waals surface area contributed by atoms with Crippen LogP contribution in [0.2, 0.25) is 0 Å². The molecule has 2 aliphatic rings. The van der Waals surface area contributed by atoms with Gasteiger partial charge >= 0.3 is 0 Å². The van der Waals surface area contributed by atoms with E-state index >= 15 is 0 Å². The molecule has 6 atom stereocenters. The van der Waals surface area contributed by atoms with Gasteiger partial charge in [-0.05, 0) is 30.3 Å². The van der Waals surface area contributed by atoms with E-state index in [9.17, 15) is 33.6 Å². The standard InChI is InChI=1S/C25H25F3N4O7/c1-37-19-3-2-11(6-18(19)34)16-7-13(39-30-16)8-20-24(35)23(25(36)21(10-33)38-20)32-9-17(29-31-32)12-4-14(26)22(28)15(27)5-12/h2-6,9,13,20-21,23-25,33-36H,7-8,10H2,1H3/t13?,20-,21-,23-,24+,25+/m1/s1. The van der Waals surface area contributed by atoms with Crippen molar-refractivity contribution >= 4 is 5.71 Å². The van der Waals surface area contributed by atoms with E-state index < -0.39 is 60.6 Å². The molecule has 1 aromatic heterocycles. The third-order valence-corrected chi connectivity index (χ3v) is 6.83. The van der Waals surface area contributed by atoms with Crippen molar-refractivity contribution in [2.45, 2.75) is 49.4 Å². The summed E-state index contributed by atoms with van der Waals surface area (Å²) >= 11 is 0. The number of rotatable bonds is 7. The molecule has 0 aliphatic carbocycles. The molecule has 3 aromatic rings. The van der Waals surface area contributed by atoms with Gasteiger partial charge in [0.05, 0.1) is 31.7 Å². The van der Waals surface area contributed by atoms with Crippen LogP contribution in [-0.4, -0.2) is 85.4 Å².